The van der Waals surface area contributed by atoms with Crippen LogP contribution in [0.4, 0.5) is 5.69 Å². The zero-order chi connectivity index (χ0) is 17.4. The minimum atomic E-state index is -0.376. The second kappa shape index (κ2) is 6.56. The quantitative estimate of drug-likeness (QED) is 0.894. The molecule has 25 heavy (non-hydrogen) atoms. The SMILES string of the molecule is C[C@@]12CCC(=O)N1[C@@H](C(=O)Nc1ccc(OC3CCCC3)cc1)CS2. The molecular formula is C19H24N2O3S. The number of amides is 2. The number of nitrogens with one attached hydrogen (secondary N) is 1. The summed E-state index contributed by atoms with van der Waals surface area (Å²) in [6.07, 6.45) is 6.43. The number of fused-ring (bicyclic) bond motifs is 1. The lowest BCUT2D eigenvalue weighted by molar-refractivity contribution is -0.135. The Morgan fingerprint density at radius 1 is 1.28 bits per heavy atom. The summed E-state index contributed by atoms with van der Waals surface area (Å²) in [5.74, 6) is 1.50. The highest BCUT2D eigenvalue weighted by Crippen LogP contribution is 2.47. The highest BCUT2D eigenvalue weighted by Gasteiger charge is 2.52. The molecule has 0 bridgehead atoms. The molecule has 6 heteroatoms. The van der Waals surface area contributed by atoms with Crippen molar-refractivity contribution in [1.29, 1.82) is 0 Å². The summed E-state index contributed by atoms with van der Waals surface area (Å²) in [5.41, 5.74) is 0.744. The van der Waals surface area contributed by atoms with Gasteiger partial charge in [0.25, 0.3) is 0 Å². The van der Waals surface area contributed by atoms with Crippen molar-refractivity contribution in [3.8, 4) is 5.75 Å². The molecule has 1 N–H and O–H groups in total. The number of rotatable bonds is 4. The van der Waals surface area contributed by atoms with E-state index in [1.54, 1.807) is 16.7 Å². The number of ether oxygens (including phenoxy) is 1. The average molecular weight is 360 g/mol. The largest absolute Gasteiger partial charge is 0.490 e. The number of anilines is 1. The molecule has 1 saturated carbocycles. The van der Waals surface area contributed by atoms with E-state index in [-0.39, 0.29) is 22.7 Å². The minimum Gasteiger partial charge on any atom is -0.490 e. The fourth-order valence-electron chi connectivity index (χ4n) is 4.06. The van der Waals surface area contributed by atoms with Crippen LogP contribution in [-0.2, 0) is 9.59 Å². The van der Waals surface area contributed by atoms with Gasteiger partial charge in [0.05, 0.1) is 11.0 Å². The van der Waals surface area contributed by atoms with Gasteiger partial charge in [-0.25, -0.2) is 0 Å². The van der Waals surface area contributed by atoms with Crippen molar-refractivity contribution >= 4 is 29.3 Å². The molecule has 0 aromatic heterocycles. The van der Waals surface area contributed by atoms with Gasteiger partial charge >= 0.3 is 0 Å². The van der Waals surface area contributed by atoms with E-state index in [9.17, 15) is 9.59 Å². The number of benzene rings is 1. The van der Waals surface area contributed by atoms with Crippen molar-refractivity contribution in [3.63, 3.8) is 0 Å². The first-order valence-electron chi connectivity index (χ1n) is 9.09. The van der Waals surface area contributed by atoms with E-state index in [0.29, 0.717) is 18.3 Å². The molecular weight excluding hydrogens is 336 g/mol. The standard InChI is InChI=1S/C19H24N2O3S/c1-19-11-10-17(22)21(19)16(12-25-19)18(23)20-13-6-8-15(9-7-13)24-14-4-2-3-5-14/h6-9,14,16H,2-5,10-12H2,1H3,(H,20,23)/t16-,19-/m1/s1. The summed E-state index contributed by atoms with van der Waals surface area (Å²) in [7, 11) is 0. The van der Waals surface area contributed by atoms with Gasteiger partial charge < -0.3 is 15.0 Å². The first-order valence-corrected chi connectivity index (χ1v) is 10.1. The van der Waals surface area contributed by atoms with Crippen LogP contribution in [0.3, 0.4) is 0 Å². The number of carbonyl (C=O) groups excluding carboxylic acids is 2. The topological polar surface area (TPSA) is 58.6 Å². The van der Waals surface area contributed by atoms with Crippen LogP contribution in [0.5, 0.6) is 5.75 Å². The Hall–Kier alpha value is -1.69. The molecule has 2 heterocycles. The Bertz CT molecular complexity index is 672. The maximum Gasteiger partial charge on any atom is 0.248 e. The molecule has 2 aliphatic heterocycles. The zero-order valence-electron chi connectivity index (χ0n) is 14.5. The molecule has 1 aromatic carbocycles. The molecule has 5 nitrogen and oxygen atoms in total. The van der Waals surface area contributed by atoms with Gasteiger partial charge in [0.2, 0.25) is 11.8 Å². The van der Waals surface area contributed by atoms with Gasteiger partial charge in [-0.05, 0) is 63.3 Å². The van der Waals surface area contributed by atoms with Crippen molar-refractivity contribution in [2.75, 3.05) is 11.1 Å². The Morgan fingerprint density at radius 3 is 2.72 bits per heavy atom. The molecule has 134 valence electrons. The van der Waals surface area contributed by atoms with Crippen LogP contribution in [0.15, 0.2) is 24.3 Å². The fraction of sp³-hybridized carbons (Fsp3) is 0.579. The van der Waals surface area contributed by atoms with E-state index in [0.717, 1.165) is 30.7 Å². The van der Waals surface area contributed by atoms with Gasteiger partial charge in [0.15, 0.2) is 0 Å². The zero-order valence-corrected chi connectivity index (χ0v) is 15.3. The van der Waals surface area contributed by atoms with E-state index in [4.69, 9.17) is 4.74 Å². The van der Waals surface area contributed by atoms with E-state index in [1.807, 2.05) is 24.3 Å². The number of carbonyl (C=O) groups is 2. The molecule has 0 radical (unpaired) electrons. The Kier molecular flexibility index (Phi) is 4.40. The van der Waals surface area contributed by atoms with Crippen molar-refractivity contribution in [2.24, 2.45) is 0 Å². The van der Waals surface area contributed by atoms with E-state index in [2.05, 4.69) is 12.2 Å². The van der Waals surface area contributed by atoms with Crippen molar-refractivity contribution in [2.45, 2.75) is 62.5 Å². The number of thioether (sulfide) groups is 1. The molecule has 3 fully saturated rings. The summed E-state index contributed by atoms with van der Waals surface area (Å²) in [4.78, 5) is 26.4. The average Bonchev–Trinajstić information content (AvgIpc) is 3.28. The first-order chi connectivity index (χ1) is 12.0. The number of hydrogen-bond donors (Lipinski definition) is 1. The second-order valence-corrected chi connectivity index (χ2v) is 8.81. The monoisotopic (exact) mass is 360 g/mol. The third-order valence-corrected chi connectivity index (χ3v) is 6.98. The van der Waals surface area contributed by atoms with Crippen molar-refractivity contribution in [1.82, 2.24) is 4.90 Å². The van der Waals surface area contributed by atoms with Gasteiger partial charge in [0.1, 0.15) is 11.8 Å². The van der Waals surface area contributed by atoms with Gasteiger partial charge in [-0.1, -0.05) is 0 Å². The molecule has 1 aromatic rings. The molecule has 2 atom stereocenters. The Labute approximate surface area is 152 Å². The highest BCUT2D eigenvalue weighted by atomic mass is 32.2. The molecule has 3 aliphatic rings. The van der Waals surface area contributed by atoms with E-state index < -0.39 is 0 Å². The lowest BCUT2D eigenvalue weighted by Crippen LogP contribution is -2.48. The van der Waals surface area contributed by atoms with Crippen LogP contribution in [0.1, 0.15) is 45.4 Å². The molecule has 0 spiro atoms. The maximum atomic E-state index is 12.7. The number of nitrogens with zero attached hydrogens (tertiary/aromatic N) is 1. The normalized spacial score (nSPS) is 29.1. The summed E-state index contributed by atoms with van der Waals surface area (Å²) < 4.78 is 5.95. The fourth-order valence-corrected chi connectivity index (χ4v) is 5.49. The lowest BCUT2D eigenvalue weighted by Gasteiger charge is -2.29. The molecule has 4 rings (SSSR count). The van der Waals surface area contributed by atoms with E-state index in [1.165, 1.54) is 12.8 Å². The maximum absolute atomic E-state index is 12.7. The Balaban J connectivity index is 1.38. The van der Waals surface area contributed by atoms with Gasteiger partial charge in [-0.2, -0.15) is 0 Å². The molecule has 2 saturated heterocycles. The van der Waals surface area contributed by atoms with Crippen molar-refractivity contribution in [3.05, 3.63) is 24.3 Å². The lowest BCUT2D eigenvalue weighted by atomic mass is 10.2. The summed E-state index contributed by atoms with van der Waals surface area (Å²) in [5, 5.41) is 2.95. The van der Waals surface area contributed by atoms with E-state index >= 15 is 0 Å². The second-order valence-electron chi connectivity index (χ2n) is 7.30. The third-order valence-electron chi connectivity index (χ3n) is 5.47. The molecule has 2 amide bonds. The van der Waals surface area contributed by atoms with Gasteiger partial charge in [0, 0.05) is 17.9 Å². The predicted octanol–water partition coefficient (Wildman–Crippen LogP) is 3.40. The predicted molar refractivity (Wildman–Crippen MR) is 98.7 cm³/mol. The van der Waals surface area contributed by atoms with Gasteiger partial charge in [-0.15, -0.1) is 11.8 Å². The van der Waals surface area contributed by atoms with Crippen LogP contribution >= 0.6 is 11.8 Å². The molecule has 0 unspecified atom stereocenters. The van der Waals surface area contributed by atoms with Crippen LogP contribution in [-0.4, -0.2) is 39.5 Å². The summed E-state index contributed by atoms with van der Waals surface area (Å²) in [6.45, 7) is 2.06. The Morgan fingerprint density at radius 2 is 2.00 bits per heavy atom. The van der Waals surface area contributed by atoms with Gasteiger partial charge in [-0.3, -0.25) is 9.59 Å². The minimum absolute atomic E-state index is 0.0907. The molecule has 1 aliphatic carbocycles. The third kappa shape index (κ3) is 3.24. The van der Waals surface area contributed by atoms with Crippen LogP contribution < -0.4 is 10.1 Å². The van der Waals surface area contributed by atoms with Crippen LogP contribution in [0.25, 0.3) is 0 Å². The van der Waals surface area contributed by atoms with Crippen LogP contribution in [0.2, 0.25) is 0 Å². The first kappa shape index (κ1) is 16.8. The summed E-state index contributed by atoms with van der Waals surface area (Å²) in [6, 6.07) is 7.18. The highest BCUT2D eigenvalue weighted by molar-refractivity contribution is 8.01. The van der Waals surface area contributed by atoms with Crippen LogP contribution in [0, 0.1) is 0 Å². The number of hydrogen-bond acceptors (Lipinski definition) is 4. The summed E-state index contributed by atoms with van der Waals surface area (Å²) >= 11 is 1.71. The van der Waals surface area contributed by atoms with Crippen molar-refractivity contribution < 1.29 is 14.3 Å². The smallest absolute Gasteiger partial charge is 0.248 e.